The first-order valence-corrected chi connectivity index (χ1v) is 6.92. The summed E-state index contributed by atoms with van der Waals surface area (Å²) in [6, 6.07) is 0.453. The van der Waals surface area contributed by atoms with E-state index in [0.717, 1.165) is 12.8 Å². The van der Waals surface area contributed by atoms with E-state index in [9.17, 15) is 4.79 Å². The van der Waals surface area contributed by atoms with Gasteiger partial charge in [-0.05, 0) is 18.3 Å². The quantitative estimate of drug-likeness (QED) is 0.894. The van der Waals surface area contributed by atoms with Crippen LogP contribution in [0.25, 0.3) is 0 Å². The van der Waals surface area contributed by atoms with Crippen LogP contribution in [-0.2, 0) is 6.54 Å². The molecule has 0 radical (unpaired) electrons. The van der Waals surface area contributed by atoms with Crippen LogP contribution in [0, 0.1) is 11.8 Å². The van der Waals surface area contributed by atoms with E-state index in [0.29, 0.717) is 30.1 Å². The van der Waals surface area contributed by atoms with Crippen molar-refractivity contribution < 1.29 is 0 Å². The molecule has 0 bridgehead atoms. The molecule has 0 spiro atoms. The van der Waals surface area contributed by atoms with E-state index < -0.39 is 0 Å². The number of rotatable bonds is 5. The molecule has 4 nitrogen and oxygen atoms in total. The summed E-state index contributed by atoms with van der Waals surface area (Å²) in [7, 11) is 0. The molecule has 1 aliphatic carbocycles. The normalized spacial score (nSPS) is 22.3. The van der Waals surface area contributed by atoms with Crippen molar-refractivity contribution in [2.75, 3.05) is 5.32 Å². The molecule has 0 saturated heterocycles. The summed E-state index contributed by atoms with van der Waals surface area (Å²) in [6.07, 6.45) is 3.98. The molecule has 1 aliphatic rings. The Labute approximate surface area is 112 Å². The highest BCUT2D eigenvalue weighted by Gasteiger charge is 2.35. The average Bonchev–Trinajstić information content (AvgIpc) is 3.07. The van der Waals surface area contributed by atoms with E-state index in [4.69, 9.17) is 11.6 Å². The fourth-order valence-corrected chi connectivity index (χ4v) is 2.32. The van der Waals surface area contributed by atoms with Crippen molar-refractivity contribution >= 4 is 17.3 Å². The third-order valence-corrected chi connectivity index (χ3v) is 3.68. The summed E-state index contributed by atoms with van der Waals surface area (Å²) in [6.45, 7) is 6.86. The first-order chi connectivity index (χ1) is 8.52. The zero-order chi connectivity index (χ0) is 13.3. The van der Waals surface area contributed by atoms with Crippen molar-refractivity contribution in [3.63, 3.8) is 0 Å². The van der Waals surface area contributed by atoms with Crippen LogP contribution in [-0.4, -0.2) is 15.8 Å². The lowest BCUT2D eigenvalue weighted by Gasteiger charge is -2.11. The Morgan fingerprint density at radius 3 is 2.89 bits per heavy atom. The summed E-state index contributed by atoms with van der Waals surface area (Å²) in [5.41, 5.74) is 0.465. The molecule has 1 fully saturated rings. The summed E-state index contributed by atoms with van der Waals surface area (Å²) in [5.74, 6) is 1.08. The molecule has 0 aliphatic heterocycles. The van der Waals surface area contributed by atoms with Gasteiger partial charge >= 0.3 is 0 Å². The van der Waals surface area contributed by atoms with Gasteiger partial charge in [0.15, 0.2) is 0 Å². The van der Waals surface area contributed by atoms with Crippen molar-refractivity contribution in [1.29, 1.82) is 0 Å². The van der Waals surface area contributed by atoms with E-state index in [1.54, 1.807) is 6.20 Å². The van der Waals surface area contributed by atoms with Gasteiger partial charge in [0.2, 0.25) is 0 Å². The van der Waals surface area contributed by atoms with Crippen molar-refractivity contribution in [3.05, 3.63) is 21.6 Å². The molecule has 0 aromatic carbocycles. The monoisotopic (exact) mass is 269 g/mol. The van der Waals surface area contributed by atoms with Crippen molar-refractivity contribution in [1.82, 2.24) is 9.78 Å². The molecule has 18 heavy (non-hydrogen) atoms. The van der Waals surface area contributed by atoms with E-state index in [-0.39, 0.29) is 10.6 Å². The van der Waals surface area contributed by atoms with E-state index >= 15 is 0 Å². The molecule has 2 unspecified atom stereocenters. The summed E-state index contributed by atoms with van der Waals surface area (Å²) >= 11 is 6.11. The number of hydrogen-bond acceptors (Lipinski definition) is 3. The van der Waals surface area contributed by atoms with Crippen LogP contribution in [0.5, 0.6) is 0 Å². The summed E-state index contributed by atoms with van der Waals surface area (Å²) in [5, 5.41) is 7.72. The number of nitrogens with zero attached hydrogens (tertiary/aromatic N) is 2. The Hall–Kier alpha value is -1.03. The predicted octanol–water partition coefficient (Wildman–Crippen LogP) is 2.76. The van der Waals surface area contributed by atoms with Gasteiger partial charge in [0.1, 0.15) is 5.02 Å². The maximum Gasteiger partial charge on any atom is 0.287 e. The minimum absolute atomic E-state index is 0.205. The lowest BCUT2D eigenvalue weighted by molar-refractivity contribution is 0.464. The van der Waals surface area contributed by atoms with Crippen molar-refractivity contribution in [2.24, 2.45) is 11.8 Å². The average molecular weight is 270 g/mol. The molecule has 100 valence electrons. The second kappa shape index (κ2) is 5.31. The highest BCUT2D eigenvalue weighted by Crippen LogP contribution is 2.36. The molecule has 1 aromatic heterocycles. The second-order valence-electron chi connectivity index (χ2n) is 5.41. The summed E-state index contributed by atoms with van der Waals surface area (Å²) < 4.78 is 1.43. The highest BCUT2D eigenvalue weighted by molar-refractivity contribution is 6.32. The number of aromatic nitrogens is 2. The maximum atomic E-state index is 12.0. The van der Waals surface area contributed by atoms with E-state index in [2.05, 4.69) is 17.3 Å². The van der Waals surface area contributed by atoms with Gasteiger partial charge < -0.3 is 5.32 Å². The number of halogens is 1. The highest BCUT2D eigenvalue weighted by atomic mass is 35.5. The fraction of sp³-hybridized carbons (Fsp3) is 0.692. The lowest BCUT2D eigenvalue weighted by Crippen LogP contribution is -2.26. The van der Waals surface area contributed by atoms with Crippen LogP contribution in [0.4, 0.5) is 5.69 Å². The molecule has 5 heteroatoms. The molecule has 1 heterocycles. The first kappa shape index (κ1) is 13.4. The third kappa shape index (κ3) is 2.86. The Kier molecular flexibility index (Phi) is 3.95. The third-order valence-electron chi connectivity index (χ3n) is 3.31. The van der Waals surface area contributed by atoms with Gasteiger partial charge in [0.25, 0.3) is 5.56 Å². The number of hydrogen-bond donors (Lipinski definition) is 1. The maximum absolute atomic E-state index is 12.0. The Bertz CT molecular complexity index is 484. The molecular weight excluding hydrogens is 250 g/mol. The minimum atomic E-state index is -0.205. The van der Waals surface area contributed by atoms with Crippen LogP contribution in [0.3, 0.4) is 0 Å². The van der Waals surface area contributed by atoms with Crippen LogP contribution in [0.15, 0.2) is 11.0 Å². The van der Waals surface area contributed by atoms with Crippen LogP contribution < -0.4 is 10.9 Å². The molecule has 1 saturated carbocycles. The van der Waals surface area contributed by atoms with Crippen LogP contribution in [0.2, 0.25) is 5.02 Å². The molecule has 0 amide bonds. The Morgan fingerprint density at radius 2 is 2.33 bits per heavy atom. The van der Waals surface area contributed by atoms with Gasteiger partial charge in [-0.1, -0.05) is 38.8 Å². The van der Waals surface area contributed by atoms with Crippen molar-refractivity contribution in [3.8, 4) is 0 Å². The Morgan fingerprint density at radius 1 is 1.61 bits per heavy atom. The zero-order valence-electron chi connectivity index (χ0n) is 11.1. The first-order valence-electron chi connectivity index (χ1n) is 6.55. The van der Waals surface area contributed by atoms with E-state index in [1.165, 1.54) is 4.68 Å². The fourth-order valence-electron chi connectivity index (χ4n) is 2.12. The smallest absolute Gasteiger partial charge is 0.287 e. The SMILES string of the molecule is CCC1CC1Nc1cnn(CC(C)C)c(=O)c1Cl. The second-order valence-corrected chi connectivity index (χ2v) is 5.79. The molecular formula is C13H20ClN3O. The topological polar surface area (TPSA) is 46.9 Å². The molecule has 2 atom stereocenters. The predicted molar refractivity (Wildman–Crippen MR) is 74.2 cm³/mol. The van der Waals surface area contributed by atoms with Gasteiger partial charge in [0.05, 0.1) is 11.9 Å². The lowest BCUT2D eigenvalue weighted by atomic mass is 10.2. The van der Waals surface area contributed by atoms with Crippen molar-refractivity contribution in [2.45, 2.75) is 46.2 Å². The van der Waals surface area contributed by atoms with Gasteiger partial charge in [0, 0.05) is 12.6 Å². The van der Waals surface area contributed by atoms with Crippen LogP contribution >= 0.6 is 11.6 Å². The van der Waals surface area contributed by atoms with E-state index in [1.807, 2.05) is 13.8 Å². The Balaban J connectivity index is 2.14. The standard InChI is InChI=1S/C13H20ClN3O/c1-4-9-5-10(9)16-11-6-15-17(7-8(2)3)13(18)12(11)14/h6,8-10,16H,4-5,7H2,1-3H3. The van der Waals surface area contributed by atoms with Gasteiger partial charge in [-0.15, -0.1) is 0 Å². The number of nitrogens with one attached hydrogen (secondary N) is 1. The molecule has 2 rings (SSSR count). The minimum Gasteiger partial charge on any atom is -0.379 e. The summed E-state index contributed by atoms with van der Waals surface area (Å²) in [4.78, 5) is 12.0. The largest absolute Gasteiger partial charge is 0.379 e. The van der Waals surface area contributed by atoms with Gasteiger partial charge in [-0.2, -0.15) is 5.10 Å². The number of anilines is 1. The molecule has 1 aromatic rings. The van der Waals surface area contributed by atoms with Crippen LogP contribution in [0.1, 0.15) is 33.6 Å². The van der Waals surface area contributed by atoms with Gasteiger partial charge in [-0.25, -0.2) is 4.68 Å². The van der Waals surface area contributed by atoms with Gasteiger partial charge in [-0.3, -0.25) is 4.79 Å². The molecule has 1 N–H and O–H groups in total. The zero-order valence-corrected chi connectivity index (χ0v) is 11.9.